The largest absolute Gasteiger partial charge is 0.497 e. The van der Waals surface area contributed by atoms with E-state index in [4.69, 9.17) is 21.3 Å². The Hall–Kier alpha value is -4.50. The molecule has 0 aliphatic rings. The summed E-state index contributed by atoms with van der Waals surface area (Å²) in [7, 11) is 1.54. The highest BCUT2D eigenvalue weighted by Gasteiger charge is 2.21. The summed E-state index contributed by atoms with van der Waals surface area (Å²) in [4.78, 5) is 35.1. The molecule has 0 fully saturated rings. The number of amides is 1. The van der Waals surface area contributed by atoms with Crippen molar-refractivity contribution < 1.29 is 9.53 Å². The highest BCUT2D eigenvalue weighted by Crippen LogP contribution is 2.28. The predicted molar refractivity (Wildman–Crippen MR) is 129 cm³/mol. The van der Waals surface area contributed by atoms with Gasteiger partial charge in [0.15, 0.2) is 11.3 Å². The molecule has 0 aliphatic carbocycles. The number of aromatic nitrogens is 5. The minimum absolute atomic E-state index is 0.136. The zero-order valence-corrected chi connectivity index (χ0v) is 18.6. The first-order chi connectivity index (χ1) is 16.5. The zero-order chi connectivity index (χ0) is 23.7. The van der Waals surface area contributed by atoms with Crippen molar-refractivity contribution in [3.05, 3.63) is 94.0 Å². The summed E-state index contributed by atoms with van der Waals surface area (Å²) in [6.07, 6.45) is 2.99. The molecule has 2 aromatic carbocycles. The van der Waals surface area contributed by atoms with Gasteiger partial charge in [-0.3, -0.25) is 25.1 Å². The fraction of sp³-hybridized carbons (Fsp3) is 0.0417. The first kappa shape index (κ1) is 21.4. The van der Waals surface area contributed by atoms with E-state index < -0.39 is 11.5 Å². The molecule has 0 radical (unpaired) electrons. The minimum Gasteiger partial charge on any atom is -0.497 e. The van der Waals surface area contributed by atoms with Crippen LogP contribution in [0.1, 0.15) is 10.4 Å². The first-order valence-corrected chi connectivity index (χ1v) is 10.6. The maximum Gasteiger partial charge on any atom is 0.298 e. The van der Waals surface area contributed by atoms with Crippen LogP contribution in [0.15, 0.2) is 77.9 Å². The molecule has 9 nitrogen and oxygen atoms in total. The number of H-pyrrole nitrogens is 1. The number of halogens is 1. The van der Waals surface area contributed by atoms with Gasteiger partial charge in [0.2, 0.25) is 0 Å². The van der Waals surface area contributed by atoms with E-state index in [1.54, 1.807) is 61.7 Å². The maximum atomic E-state index is 13.5. The van der Waals surface area contributed by atoms with E-state index in [0.29, 0.717) is 38.7 Å². The zero-order valence-electron chi connectivity index (χ0n) is 17.8. The Morgan fingerprint density at radius 1 is 1.06 bits per heavy atom. The molecule has 0 spiro atoms. The molecular weight excluding hydrogens is 456 g/mol. The molecule has 3 heterocycles. The Balaban J connectivity index is 1.73. The Kier molecular flexibility index (Phi) is 5.52. The average Bonchev–Trinajstić information content (AvgIpc) is 3.30. The summed E-state index contributed by atoms with van der Waals surface area (Å²) in [5, 5.41) is 7.59. The second-order valence-corrected chi connectivity index (χ2v) is 7.73. The van der Waals surface area contributed by atoms with Gasteiger partial charge in [-0.25, -0.2) is 4.98 Å². The highest BCUT2D eigenvalue weighted by molar-refractivity contribution is 6.30. The number of rotatable bonds is 5. The molecule has 1 amide bonds. The second-order valence-electron chi connectivity index (χ2n) is 7.29. The summed E-state index contributed by atoms with van der Waals surface area (Å²) in [6, 6.07) is 17.2. The third-order valence-electron chi connectivity index (χ3n) is 5.17. The van der Waals surface area contributed by atoms with Crippen LogP contribution in [0.3, 0.4) is 0 Å². The first-order valence-electron chi connectivity index (χ1n) is 10.2. The van der Waals surface area contributed by atoms with Crippen molar-refractivity contribution in [1.29, 1.82) is 0 Å². The standard InChI is InChI=1S/C24H17ClN6O3/c1-34-18-7-3-5-16(13-18)22-27-20-19(15-4-2-6-17(25)12-15)28-29-21(20)24(33)31(22)30-23(32)14-8-10-26-11-9-14/h2-13H,1H3,(H,28,29)(H,30,32). The van der Waals surface area contributed by atoms with Gasteiger partial charge >= 0.3 is 0 Å². The normalized spacial score (nSPS) is 10.9. The lowest BCUT2D eigenvalue weighted by Gasteiger charge is -2.14. The van der Waals surface area contributed by atoms with Crippen molar-refractivity contribution in [1.82, 2.24) is 24.8 Å². The number of carbonyl (C=O) groups excluding carboxylic acids is 1. The molecule has 0 saturated carbocycles. The fourth-order valence-corrected chi connectivity index (χ4v) is 3.71. The minimum atomic E-state index is -0.522. The molecule has 0 saturated heterocycles. The Labute approximate surface area is 198 Å². The topological polar surface area (TPSA) is 115 Å². The van der Waals surface area contributed by atoms with Crippen molar-refractivity contribution in [2.75, 3.05) is 12.5 Å². The van der Waals surface area contributed by atoms with Crippen LogP contribution in [0.4, 0.5) is 0 Å². The second kappa shape index (κ2) is 8.80. The molecule has 3 aromatic heterocycles. The van der Waals surface area contributed by atoms with Crippen LogP contribution in [-0.4, -0.2) is 37.9 Å². The number of carbonyl (C=O) groups is 1. The van der Waals surface area contributed by atoms with Gasteiger partial charge in [-0.2, -0.15) is 9.77 Å². The SMILES string of the molecule is COc1cccc(-c2nc3c(-c4cccc(Cl)c4)n[nH]c3c(=O)n2NC(=O)c2ccncc2)c1. The number of ether oxygens (including phenoxy) is 1. The van der Waals surface area contributed by atoms with Crippen LogP contribution in [0.25, 0.3) is 33.7 Å². The molecule has 0 unspecified atom stereocenters. The maximum absolute atomic E-state index is 13.5. The highest BCUT2D eigenvalue weighted by atomic mass is 35.5. The van der Waals surface area contributed by atoms with E-state index in [-0.39, 0.29) is 11.3 Å². The molecule has 0 bridgehead atoms. The molecule has 34 heavy (non-hydrogen) atoms. The van der Waals surface area contributed by atoms with Crippen molar-refractivity contribution >= 4 is 28.5 Å². The van der Waals surface area contributed by atoms with Gasteiger partial charge in [-0.05, 0) is 36.4 Å². The van der Waals surface area contributed by atoms with E-state index in [2.05, 4.69) is 20.6 Å². The Morgan fingerprint density at radius 3 is 2.59 bits per heavy atom. The van der Waals surface area contributed by atoms with Crippen LogP contribution in [0.5, 0.6) is 5.75 Å². The van der Waals surface area contributed by atoms with Crippen molar-refractivity contribution in [2.24, 2.45) is 0 Å². The van der Waals surface area contributed by atoms with E-state index >= 15 is 0 Å². The van der Waals surface area contributed by atoms with E-state index in [1.165, 1.54) is 12.4 Å². The van der Waals surface area contributed by atoms with Crippen LogP contribution in [-0.2, 0) is 0 Å². The number of methoxy groups -OCH3 is 1. The summed E-state index contributed by atoms with van der Waals surface area (Å²) < 4.78 is 6.43. The van der Waals surface area contributed by atoms with E-state index in [9.17, 15) is 9.59 Å². The fourth-order valence-electron chi connectivity index (χ4n) is 3.52. The Morgan fingerprint density at radius 2 is 1.82 bits per heavy atom. The van der Waals surface area contributed by atoms with Crippen molar-refractivity contribution in [3.63, 3.8) is 0 Å². The molecule has 5 rings (SSSR count). The molecule has 5 aromatic rings. The summed E-state index contributed by atoms with van der Waals surface area (Å²) in [5.41, 5.74) is 4.66. The summed E-state index contributed by atoms with van der Waals surface area (Å²) in [6.45, 7) is 0. The molecular formula is C24H17ClN6O3. The van der Waals surface area contributed by atoms with Gasteiger partial charge < -0.3 is 4.74 Å². The number of benzene rings is 2. The van der Waals surface area contributed by atoms with Gasteiger partial charge in [0.25, 0.3) is 11.5 Å². The molecule has 168 valence electrons. The number of fused-ring (bicyclic) bond motifs is 1. The summed E-state index contributed by atoms with van der Waals surface area (Å²) >= 11 is 6.16. The lowest BCUT2D eigenvalue weighted by atomic mass is 10.1. The lowest BCUT2D eigenvalue weighted by Crippen LogP contribution is -2.35. The quantitative estimate of drug-likeness (QED) is 0.401. The smallest absolute Gasteiger partial charge is 0.298 e. The van der Waals surface area contributed by atoms with Crippen LogP contribution < -0.4 is 15.7 Å². The lowest BCUT2D eigenvalue weighted by molar-refractivity contribution is 0.101. The van der Waals surface area contributed by atoms with Crippen molar-refractivity contribution in [3.8, 4) is 28.4 Å². The summed E-state index contributed by atoms with van der Waals surface area (Å²) in [5.74, 6) is 0.286. The van der Waals surface area contributed by atoms with E-state index in [0.717, 1.165) is 4.68 Å². The number of nitrogens with zero attached hydrogens (tertiary/aromatic N) is 4. The molecule has 2 N–H and O–H groups in total. The van der Waals surface area contributed by atoms with Crippen LogP contribution in [0, 0.1) is 0 Å². The monoisotopic (exact) mass is 472 g/mol. The van der Waals surface area contributed by atoms with Gasteiger partial charge in [-0.15, -0.1) is 0 Å². The number of aromatic amines is 1. The van der Waals surface area contributed by atoms with Crippen LogP contribution in [0.2, 0.25) is 5.02 Å². The van der Waals surface area contributed by atoms with Gasteiger partial charge in [0.05, 0.1) is 7.11 Å². The van der Waals surface area contributed by atoms with Gasteiger partial charge in [-0.1, -0.05) is 35.9 Å². The third-order valence-corrected chi connectivity index (χ3v) is 5.40. The number of nitrogens with one attached hydrogen (secondary N) is 2. The molecule has 10 heteroatoms. The van der Waals surface area contributed by atoms with Gasteiger partial charge in [0.1, 0.15) is 17.0 Å². The molecule has 0 atom stereocenters. The van der Waals surface area contributed by atoms with E-state index in [1.807, 2.05) is 6.07 Å². The number of pyridine rings is 1. The van der Waals surface area contributed by atoms with Crippen LogP contribution >= 0.6 is 11.6 Å². The number of hydrogen-bond acceptors (Lipinski definition) is 6. The predicted octanol–water partition coefficient (Wildman–Crippen LogP) is 3.89. The van der Waals surface area contributed by atoms with Gasteiger partial charge in [0, 0.05) is 34.1 Å². The third kappa shape index (κ3) is 3.89. The number of hydrogen-bond donors (Lipinski definition) is 2. The Bertz CT molecular complexity index is 1580. The molecule has 0 aliphatic heterocycles. The van der Waals surface area contributed by atoms with Crippen molar-refractivity contribution in [2.45, 2.75) is 0 Å². The average molecular weight is 473 g/mol.